The van der Waals surface area contributed by atoms with Gasteiger partial charge in [-0.05, 0) is 50.2 Å². The monoisotopic (exact) mass is 451 g/mol. The van der Waals surface area contributed by atoms with Gasteiger partial charge in [-0.1, -0.05) is 13.8 Å². The van der Waals surface area contributed by atoms with Gasteiger partial charge < -0.3 is 24.4 Å². The number of hydrogen-bond acceptors (Lipinski definition) is 7. The predicted octanol–water partition coefficient (Wildman–Crippen LogP) is 2.75. The molecular weight excluding hydrogens is 417 g/mol. The first kappa shape index (κ1) is 24.2. The molecule has 1 aliphatic heterocycles. The number of amides is 1. The van der Waals surface area contributed by atoms with Crippen molar-refractivity contribution in [3.63, 3.8) is 0 Å². The maximum atomic E-state index is 13.0. The molecule has 32 heavy (non-hydrogen) atoms. The fourth-order valence-electron chi connectivity index (χ4n) is 3.90. The Morgan fingerprint density at radius 1 is 1.22 bits per heavy atom. The molecule has 1 aliphatic carbocycles. The maximum absolute atomic E-state index is 13.0. The Hall–Kier alpha value is -2.42. The number of nitrogens with zero attached hydrogens (tertiary/aromatic N) is 2. The average Bonchev–Trinajstić information content (AvgIpc) is 3.54. The van der Waals surface area contributed by atoms with E-state index in [2.05, 4.69) is 15.2 Å². The van der Waals surface area contributed by atoms with Crippen molar-refractivity contribution in [3.05, 3.63) is 17.8 Å². The molecule has 0 bridgehead atoms. The van der Waals surface area contributed by atoms with Crippen molar-refractivity contribution in [1.29, 1.82) is 0 Å². The van der Waals surface area contributed by atoms with Crippen molar-refractivity contribution in [1.82, 2.24) is 10.3 Å². The molecule has 8 nitrogen and oxygen atoms in total. The Morgan fingerprint density at radius 3 is 2.50 bits per heavy atom. The minimum absolute atomic E-state index is 0.0473. The van der Waals surface area contributed by atoms with Gasteiger partial charge in [-0.25, -0.2) is 9.78 Å². The summed E-state index contributed by atoms with van der Waals surface area (Å²) in [6.07, 6.45) is 1.74. The molecule has 178 valence electrons. The number of halogens is 1. The lowest BCUT2D eigenvalue weighted by atomic mass is 9.92. The first-order chi connectivity index (χ1) is 15.4. The summed E-state index contributed by atoms with van der Waals surface area (Å²) in [4.78, 5) is 32.1. The summed E-state index contributed by atoms with van der Waals surface area (Å²) >= 11 is 0. The van der Waals surface area contributed by atoms with Crippen molar-refractivity contribution in [2.45, 2.75) is 51.7 Å². The van der Waals surface area contributed by atoms with Crippen LogP contribution in [-0.4, -0.2) is 68.6 Å². The van der Waals surface area contributed by atoms with Crippen LogP contribution in [0.4, 0.5) is 10.1 Å². The van der Waals surface area contributed by atoms with Gasteiger partial charge in [-0.15, -0.1) is 0 Å². The van der Waals surface area contributed by atoms with E-state index in [-0.39, 0.29) is 36.9 Å². The number of alkyl halides is 1. The van der Waals surface area contributed by atoms with Crippen LogP contribution in [0.15, 0.2) is 12.1 Å². The number of nitrogens with one attached hydrogen (secondary N) is 1. The van der Waals surface area contributed by atoms with Crippen LogP contribution in [0.3, 0.4) is 0 Å². The van der Waals surface area contributed by atoms with Crippen molar-refractivity contribution in [2.75, 3.05) is 45.0 Å². The molecule has 0 aromatic carbocycles. The minimum atomic E-state index is -1.11. The second-order valence-corrected chi connectivity index (χ2v) is 8.47. The average molecular weight is 452 g/mol. The van der Waals surface area contributed by atoms with Crippen LogP contribution in [0.2, 0.25) is 0 Å². The van der Waals surface area contributed by atoms with E-state index in [0.29, 0.717) is 38.4 Å². The number of rotatable bonds is 12. The normalized spacial score (nSPS) is 20.5. The molecule has 1 N–H and O–H groups in total. The number of hydrogen-bond donors (Lipinski definition) is 1. The zero-order chi connectivity index (χ0) is 23.3. The number of pyridine rings is 1. The quantitative estimate of drug-likeness (QED) is 0.489. The number of esters is 1. The topological polar surface area (TPSA) is 90.0 Å². The first-order valence-corrected chi connectivity index (χ1v) is 11.4. The van der Waals surface area contributed by atoms with Crippen LogP contribution >= 0.6 is 0 Å². The highest BCUT2D eigenvalue weighted by atomic mass is 19.1. The van der Waals surface area contributed by atoms with Gasteiger partial charge in [0.25, 0.3) is 5.91 Å². The van der Waals surface area contributed by atoms with Gasteiger partial charge in [0.15, 0.2) is 0 Å². The van der Waals surface area contributed by atoms with E-state index >= 15 is 0 Å². The SMILES string of the molecule is CCOC(=O)C(CC)(CC)NC(=O)c1ccc(N2CC(OC)C2)c(OC[C@H]2C[C@@H]2CF)n1. The molecule has 2 fully saturated rings. The Bertz CT molecular complexity index is 811. The van der Waals surface area contributed by atoms with Crippen molar-refractivity contribution in [2.24, 2.45) is 11.8 Å². The molecule has 1 saturated heterocycles. The molecule has 0 radical (unpaired) electrons. The van der Waals surface area contributed by atoms with E-state index in [0.717, 1.165) is 12.1 Å². The van der Waals surface area contributed by atoms with Gasteiger partial charge in [-0.2, -0.15) is 0 Å². The number of carbonyl (C=O) groups is 2. The van der Waals surface area contributed by atoms with E-state index in [1.54, 1.807) is 26.2 Å². The lowest BCUT2D eigenvalue weighted by molar-refractivity contribution is -0.151. The molecule has 2 heterocycles. The summed E-state index contributed by atoms with van der Waals surface area (Å²) in [7, 11) is 1.67. The third-order valence-corrected chi connectivity index (χ3v) is 6.52. The predicted molar refractivity (Wildman–Crippen MR) is 118 cm³/mol. The standard InChI is InChI=1S/C23H34FN3O5/c1-5-23(6-2,22(29)31-7-3)26-20(28)18-8-9-19(27-12-17(13-27)30-4)21(25-18)32-14-16-10-15(16)11-24/h8-9,15-17H,5-7,10-14H2,1-4H3,(H,26,28)/t15-,16-/m1/s1. The Kier molecular flexibility index (Phi) is 7.92. The summed E-state index contributed by atoms with van der Waals surface area (Å²) in [5.74, 6) is -0.363. The Morgan fingerprint density at radius 2 is 1.94 bits per heavy atom. The summed E-state index contributed by atoms with van der Waals surface area (Å²) < 4.78 is 29.3. The number of anilines is 1. The third-order valence-electron chi connectivity index (χ3n) is 6.52. The molecule has 0 unspecified atom stereocenters. The second-order valence-electron chi connectivity index (χ2n) is 8.47. The first-order valence-electron chi connectivity index (χ1n) is 11.4. The molecule has 1 saturated carbocycles. The Balaban J connectivity index is 1.78. The molecule has 1 aromatic rings. The third kappa shape index (κ3) is 5.14. The zero-order valence-electron chi connectivity index (χ0n) is 19.4. The highest BCUT2D eigenvalue weighted by Crippen LogP contribution is 2.40. The molecule has 1 amide bonds. The van der Waals surface area contributed by atoms with E-state index in [9.17, 15) is 14.0 Å². The van der Waals surface area contributed by atoms with Crippen molar-refractivity contribution in [3.8, 4) is 5.88 Å². The summed E-state index contributed by atoms with van der Waals surface area (Å²) in [5.41, 5.74) is -0.184. The van der Waals surface area contributed by atoms with Gasteiger partial charge in [0, 0.05) is 20.2 Å². The molecule has 3 rings (SSSR count). The van der Waals surface area contributed by atoms with E-state index < -0.39 is 17.4 Å². The molecular formula is C23H34FN3O5. The van der Waals surface area contributed by atoms with E-state index in [1.165, 1.54) is 0 Å². The van der Waals surface area contributed by atoms with Crippen LogP contribution in [0.5, 0.6) is 5.88 Å². The van der Waals surface area contributed by atoms with E-state index in [4.69, 9.17) is 14.2 Å². The molecule has 1 aromatic heterocycles. The van der Waals surface area contributed by atoms with Gasteiger partial charge in [0.2, 0.25) is 5.88 Å². The largest absolute Gasteiger partial charge is 0.476 e. The molecule has 0 spiro atoms. The fraction of sp³-hybridized carbons (Fsp3) is 0.696. The van der Waals surface area contributed by atoms with Gasteiger partial charge in [0.05, 0.1) is 26.0 Å². The van der Waals surface area contributed by atoms with Crippen molar-refractivity contribution >= 4 is 17.6 Å². The molecule has 9 heteroatoms. The van der Waals surface area contributed by atoms with Crippen LogP contribution < -0.4 is 15.0 Å². The number of methoxy groups -OCH3 is 1. The fourth-order valence-corrected chi connectivity index (χ4v) is 3.90. The lowest BCUT2D eigenvalue weighted by Crippen LogP contribution is -2.54. The van der Waals surface area contributed by atoms with Crippen LogP contribution in [0.25, 0.3) is 0 Å². The Labute approximate surface area is 188 Å². The lowest BCUT2D eigenvalue weighted by Gasteiger charge is -2.40. The minimum Gasteiger partial charge on any atom is -0.476 e. The van der Waals surface area contributed by atoms with Crippen molar-refractivity contribution < 1.29 is 28.2 Å². The maximum Gasteiger partial charge on any atom is 0.331 e. The number of carbonyl (C=O) groups excluding carboxylic acids is 2. The van der Waals surface area contributed by atoms with Crippen LogP contribution in [0.1, 0.15) is 50.5 Å². The van der Waals surface area contributed by atoms with Gasteiger partial charge in [0.1, 0.15) is 16.9 Å². The van der Waals surface area contributed by atoms with E-state index in [1.807, 2.05) is 13.8 Å². The smallest absolute Gasteiger partial charge is 0.331 e. The molecule has 2 aliphatic rings. The van der Waals surface area contributed by atoms with Crippen LogP contribution in [0, 0.1) is 11.8 Å². The van der Waals surface area contributed by atoms with Crippen LogP contribution in [-0.2, 0) is 14.3 Å². The number of ether oxygens (including phenoxy) is 3. The molecule has 2 atom stereocenters. The summed E-state index contributed by atoms with van der Waals surface area (Å²) in [6, 6.07) is 3.42. The second kappa shape index (κ2) is 10.5. The summed E-state index contributed by atoms with van der Waals surface area (Å²) in [5, 5.41) is 2.83. The highest BCUT2D eigenvalue weighted by molar-refractivity contribution is 5.97. The highest BCUT2D eigenvalue weighted by Gasteiger charge is 2.40. The zero-order valence-corrected chi connectivity index (χ0v) is 19.4. The summed E-state index contributed by atoms with van der Waals surface area (Å²) in [6.45, 7) is 7.05. The number of aromatic nitrogens is 1. The van der Waals surface area contributed by atoms with Gasteiger partial charge >= 0.3 is 5.97 Å². The van der Waals surface area contributed by atoms with Gasteiger partial charge in [-0.3, -0.25) is 9.18 Å².